The first-order valence-corrected chi connectivity index (χ1v) is 7.36. The Hall–Kier alpha value is -1.18. The first-order chi connectivity index (χ1) is 10.2. The van der Waals surface area contributed by atoms with E-state index in [1.165, 1.54) is 12.0 Å². The molecule has 0 aliphatic carbocycles. The van der Waals surface area contributed by atoms with Crippen molar-refractivity contribution < 1.29 is 28.5 Å². The molecule has 0 aromatic rings. The molecule has 0 bridgehead atoms. The number of hydrogen-bond acceptors (Lipinski definition) is 6. The molecule has 7 heteroatoms. The minimum absolute atomic E-state index is 0.110. The fourth-order valence-electron chi connectivity index (χ4n) is 2.53. The monoisotopic (exact) mass is 301 g/mol. The zero-order valence-corrected chi connectivity index (χ0v) is 12.4. The summed E-state index contributed by atoms with van der Waals surface area (Å²) in [6, 6.07) is -0.644. The number of rotatable bonds is 6. The predicted molar refractivity (Wildman–Crippen MR) is 72.7 cm³/mol. The summed E-state index contributed by atoms with van der Waals surface area (Å²) in [5.74, 6) is -0.552. The van der Waals surface area contributed by atoms with Gasteiger partial charge < -0.3 is 23.8 Å². The standard InChI is InChI=1S/C14H23NO6/c1-18-14(17)12-10-20-8-5-15(12)13(16)4-7-19-9-11-3-2-6-21-11/h11-12H,2-10H2,1H3/t11-,12-/m0/s1. The van der Waals surface area contributed by atoms with E-state index in [1.807, 2.05) is 0 Å². The van der Waals surface area contributed by atoms with Gasteiger partial charge in [0.1, 0.15) is 0 Å². The van der Waals surface area contributed by atoms with Crippen molar-refractivity contribution in [3.8, 4) is 0 Å². The molecular formula is C14H23NO6. The highest BCUT2D eigenvalue weighted by molar-refractivity contribution is 5.84. The van der Waals surface area contributed by atoms with Crippen LogP contribution in [0.5, 0.6) is 0 Å². The highest BCUT2D eigenvalue weighted by Crippen LogP contribution is 2.13. The molecule has 2 fully saturated rings. The molecule has 1 amide bonds. The van der Waals surface area contributed by atoms with Crippen molar-refractivity contribution in [1.82, 2.24) is 4.90 Å². The van der Waals surface area contributed by atoms with Gasteiger partial charge in [0.05, 0.1) is 46.1 Å². The Labute approximate surface area is 124 Å². The van der Waals surface area contributed by atoms with Crippen LogP contribution in [-0.4, -0.2) is 75.6 Å². The third kappa shape index (κ3) is 4.66. The van der Waals surface area contributed by atoms with E-state index in [4.69, 9.17) is 18.9 Å². The summed E-state index contributed by atoms with van der Waals surface area (Å²) < 4.78 is 20.9. The Kier molecular flexibility index (Phi) is 6.41. The molecule has 0 radical (unpaired) electrons. The lowest BCUT2D eigenvalue weighted by molar-refractivity contribution is -0.161. The molecule has 0 spiro atoms. The second-order valence-electron chi connectivity index (χ2n) is 5.16. The van der Waals surface area contributed by atoms with Crippen molar-refractivity contribution in [2.24, 2.45) is 0 Å². The van der Waals surface area contributed by atoms with E-state index in [1.54, 1.807) is 0 Å². The molecule has 21 heavy (non-hydrogen) atoms. The SMILES string of the molecule is COC(=O)[C@@H]1COCCN1C(=O)CCOC[C@@H]1CCCO1. The van der Waals surface area contributed by atoms with Crippen LogP contribution >= 0.6 is 0 Å². The lowest BCUT2D eigenvalue weighted by Crippen LogP contribution is -2.53. The predicted octanol–water partition coefficient (Wildman–Crippen LogP) is -0.0275. The largest absolute Gasteiger partial charge is 0.467 e. The van der Waals surface area contributed by atoms with Gasteiger partial charge in [-0.05, 0) is 12.8 Å². The van der Waals surface area contributed by atoms with Crippen molar-refractivity contribution in [3.05, 3.63) is 0 Å². The van der Waals surface area contributed by atoms with Gasteiger partial charge in [0.25, 0.3) is 0 Å². The minimum atomic E-state index is -0.644. The normalized spacial score (nSPS) is 25.9. The molecule has 2 rings (SSSR count). The molecule has 2 aliphatic heterocycles. The Balaban J connectivity index is 1.71. The van der Waals surface area contributed by atoms with E-state index >= 15 is 0 Å². The molecule has 2 saturated heterocycles. The van der Waals surface area contributed by atoms with Gasteiger partial charge in [0.2, 0.25) is 5.91 Å². The van der Waals surface area contributed by atoms with E-state index < -0.39 is 12.0 Å². The van der Waals surface area contributed by atoms with Crippen LogP contribution in [0, 0.1) is 0 Å². The molecule has 2 aliphatic rings. The molecular weight excluding hydrogens is 278 g/mol. The lowest BCUT2D eigenvalue weighted by atomic mass is 10.2. The summed E-state index contributed by atoms with van der Waals surface area (Å²) in [5, 5.41) is 0. The minimum Gasteiger partial charge on any atom is -0.467 e. The van der Waals surface area contributed by atoms with Crippen LogP contribution in [0.1, 0.15) is 19.3 Å². The fraction of sp³-hybridized carbons (Fsp3) is 0.857. The topological polar surface area (TPSA) is 74.3 Å². The molecule has 0 aromatic heterocycles. The molecule has 0 unspecified atom stereocenters. The van der Waals surface area contributed by atoms with Gasteiger partial charge in [-0.3, -0.25) is 4.79 Å². The highest BCUT2D eigenvalue weighted by Gasteiger charge is 2.33. The van der Waals surface area contributed by atoms with Gasteiger partial charge in [-0.1, -0.05) is 0 Å². The number of hydrogen-bond donors (Lipinski definition) is 0. The second kappa shape index (κ2) is 8.31. The van der Waals surface area contributed by atoms with E-state index in [2.05, 4.69) is 0 Å². The number of carbonyl (C=O) groups excluding carboxylic acids is 2. The summed E-state index contributed by atoms with van der Waals surface area (Å²) in [6.07, 6.45) is 2.50. The molecule has 120 valence electrons. The first-order valence-electron chi connectivity index (χ1n) is 7.36. The van der Waals surface area contributed by atoms with Gasteiger partial charge in [-0.25, -0.2) is 4.79 Å². The van der Waals surface area contributed by atoms with Crippen molar-refractivity contribution in [1.29, 1.82) is 0 Å². The van der Waals surface area contributed by atoms with E-state index in [-0.39, 0.29) is 25.0 Å². The smallest absolute Gasteiger partial charge is 0.331 e. The van der Waals surface area contributed by atoms with Gasteiger partial charge >= 0.3 is 5.97 Å². The van der Waals surface area contributed by atoms with Crippen molar-refractivity contribution in [2.75, 3.05) is 46.7 Å². The van der Waals surface area contributed by atoms with Crippen LogP contribution in [0.3, 0.4) is 0 Å². The quantitative estimate of drug-likeness (QED) is 0.507. The lowest BCUT2D eigenvalue weighted by Gasteiger charge is -2.33. The van der Waals surface area contributed by atoms with Gasteiger partial charge in [-0.2, -0.15) is 0 Å². The maximum atomic E-state index is 12.2. The second-order valence-corrected chi connectivity index (χ2v) is 5.16. The summed E-state index contributed by atoms with van der Waals surface area (Å²) in [7, 11) is 1.31. The Morgan fingerprint density at radius 1 is 1.33 bits per heavy atom. The summed E-state index contributed by atoms with van der Waals surface area (Å²) in [4.78, 5) is 25.3. The van der Waals surface area contributed by atoms with Crippen molar-refractivity contribution >= 4 is 11.9 Å². The van der Waals surface area contributed by atoms with Crippen LogP contribution in [0.2, 0.25) is 0 Å². The summed E-state index contributed by atoms with van der Waals surface area (Å²) >= 11 is 0. The van der Waals surface area contributed by atoms with E-state index in [0.717, 1.165) is 19.4 Å². The molecule has 0 saturated carbocycles. The molecule has 0 aromatic carbocycles. The number of methoxy groups -OCH3 is 1. The number of morpholine rings is 1. The van der Waals surface area contributed by atoms with Crippen LogP contribution < -0.4 is 0 Å². The van der Waals surface area contributed by atoms with Crippen LogP contribution in [0.15, 0.2) is 0 Å². The van der Waals surface area contributed by atoms with Crippen molar-refractivity contribution in [2.45, 2.75) is 31.4 Å². The third-order valence-electron chi connectivity index (χ3n) is 3.71. The number of amides is 1. The fourth-order valence-corrected chi connectivity index (χ4v) is 2.53. The van der Waals surface area contributed by atoms with Crippen LogP contribution in [0.4, 0.5) is 0 Å². The number of carbonyl (C=O) groups is 2. The average molecular weight is 301 g/mol. The summed E-state index contributed by atoms with van der Waals surface area (Å²) in [6.45, 7) is 2.69. The van der Waals surface area contributed by atoms with Gasteiger partial charge in [0.15, 0.2) is 6.04 Å². The molecule has 0 N–H and O–H groups in total. The van der Waals surface area contributed by atoms with E-state index in [0.29, 0.717) is 26.4 Å². The molecule has 2 atom stereocenters. The number of esters is 1. The zero-order chi connectivity index (χ0) is 15.1. The maximum Gasteiger partial charge on any atom is 0.331 e. The third-order valence-corrected chi connectivity index (χ3v) is 3.71. The van der Waals surface area contributed by atoms with E-state index in [9.17, 15) is 9.59 Å². The Morgan fingerprint density at radius 3 is 2.90 bits per heavy atom. The first kappa shape index (κ1) is 16.2. The number of ether oxygens (including phenoxy) is 4. The number of nitrogens with zero attached hydrogens (tertiary/aromatic N) is 1. The van der Waals surface area contributed by atoms with Gasteiger partial charge in [-0.15, -0.1) is 0 Å². The van der Waals surface area contributed by atoms with Crippen LogP contribution in [0.25, 0.3) is 0 Å². The Bertz CT molecular complexity index is 355. The zero-order valence-electron chi connectivity index (χ0n) is 12.4. The highest BCUT2D eigenvalue weighted by atomic mass is 16.5. The molecule has 7 nitrogen and oxygen atoms in total. The molecule has 2 heterocycles. The van der Waals surface area contributed by atoms with Crippen LogP contribution in [-0.2, 0) is 28.5 Å². The maximum absolute atomic E-state index is 12.2. The van der Waals surface area contributed by atoms with Gasteiger partial charge in [0, 0.05) is 13.2 Å². The van der Waals surface area contributed by atoms with Crippen molar-refractivity contribution in [3.63, 3.8) is 0 Å². The Morgan fingerprint density at radius 2 is 2.19 bits per heavy atom. The summed E-state index contributed by atoms with van der Waals surface area (Å²) in [5.41, 5.74) is 0. The average Bonchev–Trinajstić information content (AvgIpc) is 3.04.